The highest BCUT2D eigenvalue weighted by atomic mass is 16.4. The minimum Gasteiger partial charge on any atom is -0.416 e. The van der Waals surface area contributed by atoms with Gasteiger partial charge in [-0.15, -0.1) is 10.2 Å². The summed E-state index contributed by atoms with van der Waals surface area (Å²) in [6.07, 6.45) is 0.840. The van der Waals surface area contributed by atoms with Gasteiger partial charge in [-0.25, -0.2) is 0 Å². The Balaban J connectivity index is 1.40. The van der Waals surface area contributed by atoms with Crippen LogP contribution in [0.5, 0.6) is 0 Å². The van der Waals surface area contributed by atoms with Gasteiger partial charge in [-0.05, 0) is 56.2 Å². The number of rotatable bonds is 6. The molecule has 1 aliphatic rings. The molecule has 1 saturated heterocycles. The molecule has 1 aromatic heterocycles. The fourth-order valence-electron chi connectivity index (χ4n) is 3.99. The van der Waals surface area contributed by atoms with E-state index in [9.17, 15) is 9.59 Å². The van der Waals surface area contributed by atoms with Crippen LogP contribution < -0.4 is 5.32 Å². The number of likely N-dealkylation sites (N-methyl/N-ethyl adjacent to an activating group) is 1. The maximum absolute atomic E-state index is 13.0. The Morgan fingerprint density at radius 3 is 2.48 bits per heavy atom. The van der Waals surface area contributed by atoms with E-state index in [2.05, 4.69) is 20.4 Å². The fraction of sp³-hybridized carbons (Fsp3) is 0.360. The molecule has 3 aromatic rings. The van der Waals surface area contributed by atoms with Crippen molar-refractivity contribution in [2.45, 2.75) is 20.3 Å². The Bertz CT molecular complexity index is 1110. The summed E-state index contributed by atoms with van der Waals surface area (Å²) < 4.78 is 5.87. The predicted octanol–water partition coefficient (Wildman–Crippen LogP) is 3.00. The van der Waals surface area contributed by atoms with Crippen LogP contribution in [-0.2, 0) is 4.79 Å². The van der Waals surface area contributed by atoms with Gasteiger partial charge in [-0.2, -0.15) is 0 Å². The zero-order chi connectivity index (χ0) is 23.2. The molecule has 4 rings (SSSR count). The number of hydrogen-bond acceptors (Lipinski definition) is 6. The van der Waals surface area contributed by atoms with Gasteiger partial charge in [-0.3, -0.25) is 14.5 Å². The minimum absolute atomic E-state index is 0.00691. The number of aryl methyl sites for hydroxylation is 1. The molecule has 2 heterocycles. The summed E-state index contributed by atoms with van der Waals surface area (Å²) >= 11 is 0. The molecule has 2 aromatic carbocycles. The third kappa shape index (κ3) is 5.46. The fourth-order valence-corrected chi connectivity index (χ4v) is 3.99. The molecule has 2 amide bonds. The lowest BCUT2D eigenvalue weighted by atomic mass is 10.1. The summed E-state index contributed by atoms with van der Waals surface area (Å²) in [6, 6.07) is 15.1. The maximum atomic E-state index is 13.0. The van der Waals surface area contributed by atoms with Crippen LogP contribution in [0.15, 0.2) is 52.9 Å². The molecule has 1 fully saturated rings. The standard InChI is InChI=1S/C25H29N5O3/c1-3-26-22(31)17-29-13-6-14-30(16-15-29)25(32)20-11-9-19(10-12-20)23-27-28-24(33-23)21-8-5-4-7-18(21)2/h4-5,7-12H,3,6,13-17H2,1-2H3,(H,26,31). The van der Waals surface area contributed by atoms with Gasteiger partial charge in [0.05, 0.1) is 6.54 Å². The number of aromatic nitrogens is 2. The Labute approximate surface area is 193 Å². The van der Waals surface area contributed by atoms with Crippen LogP contribution in [0.25, 0.3) is 22.9 Å². The van der Waals surface area contributed by atoms with E-state index in [0.717, 1.165) is 29.7 Å². The summed E-state index contributed by atoms with van der Waals surface area (Å²) in [5.74, 6) is 0.917. The van der Waals surface area contributed by atoms with E-state index < -0.39 is 0 Å². The van der Waals surface area contributed by atoms with Crippen LogP contribution in [0.2, 0.25) is 0 Å². The van der Waals surface area contributed by atoms with E-state index >= 15 is 0 Å². The van der Waals surface area contributed by atoms with Crippen molar-refractivity contribution in [1.29, 1.82) is 0 Å². The topological polar surface area (TPSA) is 91.6 Å². The lowest BCUT2D eigenvalue weighted by molar-refractivity contribution is -0.122. The Kier molecular flexibility index (Phi) is 7.14. The monoisotopic (exact) mass is 447 g/mol. The van der Waals surface area contributed by atoms with Crippen molar-refractivity contribution in [3.8, 4) is 22.9 Å². The van der Waals surface area contributed by atoms with Gasteiger partial charge >= 0.3 is 0 Å². The number of nitrogens with zero attached hydrogens (tertiary/aromatic N) is 4. The summed E-state index contributed by atoms with van der Waals surface area (Å²) in [5.41, 5.74) is 3.36. The van der Waals surface area contributed by atoms with E-state index in [-0.39, 0.29) is 11.8 Å². The summed E-state index contributed by atoms with van der Waals surface area (Å²) in [7, 11) is 0. The smallest absolute Gasteiger partial charge is 0.253 e. The Hall–Kier alpha value is -3.52. The first kappa shape index (κ1) is 22.7. The maximum Gasteiger partial charge on any atom is 0.253 e. The van der Waals surface area contributed by atoms with E-state index in [1.54, 1.807) is 12.1 Å². The molecule has 0 bridgehead atoms. The molecule has 0 unspecified atom stereocenters. The number of carbonyl (C=O) groups excluding carboxylic acids is 2. The molecule has 0 radical (unpaired) electrons. The Morgan fingerprint density at radius 1 is 0.970 bits per heavy atom. The molecular weight excluding hydrogens is 418 g/mol. The average molecular weight is 448 g/mol. The molecule has 172 valence electrons. The predicted molar refractivity (Wildman–Crippen MR) is 126 cm³/mol. The number of carbonyl (C=O) groups is 2. The van der Waals surface area contributed by atoms with E-state index in [0.29, 0.717) is 50.1 Å². The lowest BCUT2D eigenvalue weighted by Crippen LogP contribution is -2.40. The first-order chi connectivity index (χ1) is 16.0. The second-order valence-electron chi connectivity index (χ2n) is 8.18. The molecule has 1 aliphatic heterocycles. The van der Waals surface area contributed by atoms with Crippen molar-refractivity contribution < 1.29 is 14.0 Å². The van der Waals surface area contributed by atoms with Crippen LogP contribution >= 0.6 is 0 Å². The third-order valence-corrected chi connectivity index (χ3v) is 5.80. The highest BCUT2D eigenvalue weighted by molar-refractivity contribution is 5.94. The van der Waals surface area contributed by atoms with Gasteiger partial charge in [0.15, 0.2) is 0 Å². The van der Waals surface area contributed by atoms with Crippen molar-refractivity contribution in [2.75, 3.05) is 39.3 Å². The van der Waals surface area contributed by atoms with Crippen LogP contribution in [0, 0.1) is 6.92 Å². The molecule has 0 spiro atoms. The van der Waals surface area contributed by atoms with Crippen LogP contribution in [0.3, 0.4) is 0 Å². The van der Waals surface area contributed by atoms with Crippen LogP contribution in [-0.4, -0.2) is 71.1 Å². The number of benzene rings is 2. The number of hydrogen-bond donors (Lipinski definition) is 1. The normalized spacial score (nSPS) is 14.7. The molecule has 0 saturated carbocycles. The van der Waals surface area contributed by atoms with E-state index in [1.807, 2.05) is 55.1 Å². The van der Waals surface area contributed by atoms with Crippen molar-refractivity contribution >= 4 is 11.8 Å². The molecule has 1 N–H and O–H groups in total. The van der Waals surface area contributed by atoms with Crippen LogP contribution in [0.4, 0.5) is 0 Å². The molecule has 0 aliphatic carbocycles. The van der Waals surface area contributed by atoms with E-state index in [1.165, 1.54) is 0 Å². The summed E-state index contributed by atoms with van der Waals surface area (Å²) in [5, 5.41) is 11.2. The van der Waals surface area contributed by atoms with Gasteiger partial charge in [0.1, 0.15) is 0 Å². The Morgan fingerprint density at radius 2 is 1.73 bits per heavy atom. The third-order valence-electron chi connectivity index (χ3n) is 5.80. The molecule has 33 heavy (non-hydrogen) atoms. The van der Waals surface area contributed by atoms with E-state index in [4.69, 9.17) is 4.42 Å². The zero-order valence-electron chi connectivity index (χ0n) is 19.1. The average Bonchev–Trinajstić information content (AvgIpc) is 3.19. The minimum atomic E-state index is -0.00691. The van der Waals surface area contributed by atoms with Crippen molar-refractivity contribution in [2.24, 2.45) is 0 Å². The number of nitrogens with one attached hydrogen (secondary N) is 1. The highest BCUT2D eigenvalue weighted by Gasteiger charge is 2.22. The number of amides is 2. The summed E-state index contributed by atoms with van der Waals surface area (Å²) in [6.45, 7) is 7.68. The first-order valence-corrected chi connectivity index (χ1v) is 11.3. The van der Waals surface area contributed by atoms with Crippen molar-refractivity contribution in [3.05, 3.63) is 59.7 Å². The zero-order valence-corrected chi connectivity index (χ0v) is 19.1. The van der Waals surface area contributed by atoms with Gasteiger partial charge in [0.2, 0.25) is 17.7 Å². The van der Waals surface area contributed by atoms with Crippen LogP contribution in [0.1, 0.15) is 29.3 Å². The largest absolute Gasteiger partial charge is 0.416 e. The molecule has 8 nitrogen and oxygen atoms in total. The molecule has 0 atom stereocenters. The van der Waals surface area contributed by atoms with Gasteiger partial charge in [-0.1, -0.05) is 18.2 Å². The summed E-state index contributed by atoms with van der Waals surface area (Å²) in [4.78, 5) is 28.8. The lowest BCUT2D eigenvalue weighted by Gasteiger charge is -2.21. The SMILES string of the molecule is CCNC(=O)CN1CCCN(C(=O)c2ccc(-c3nnc(-c4ccccc4C)o3)cc2)CC1. The molecular formula is C25H29N5O3. The first-order valence-electron chi connectivity index (χ1n) is 11.3. The second-order valence-corrected chi connectivity index (χ2v) is 8.18. The second kappa shape index (κ2) is 10.4. The van der Waals surface area contributed by atoms with Crippen molar-refractivity contribution in [1.82, 2.24) is 25.3 Å². The van der Waals surface area contributed by atoms with Gasteiger partial charge < -0.3 is 14.6 Å². The van der Waals surface area contributed by atoms with Gasteiger partial charge in [0.25, 0.3) is 5.91 Å². The van der Waals surface area contributed by atoms with Gasteiger partial charge in [0, 0.05) is 49.4 Å². The molecule has 8 heteroatoms. The van der Waals surface area contributed by atoms with Crippen molar-refractivity contribution in [3.63, 3.8) is 0 Å². The highest BCUT2D eigenvalue weighted by Crippen LogP contribution is 2.26. The quantitative estimate of drug-likeness (QED) is 0.625.